The summed E-state index contributed by atoms with van der Waals surface area (Å²) in [4.78, 5) is 21.4. The zero-order valence-corrected chi connectivity index (χ0v) is 89.8. The highest BCUT2D eigenvalue weighted by molar-refractivity contribution is 7.90. The molecule has 9 aromatic carbocycles. The molecule has 0 radical (unpaired) electrons. The van der Waals surface area contributed by atoms with Crippen molar-refractivity contribution in [2.75, 3.05) is 131 Å². The molecule has 20 rings (SSSR count). The first kappa shape index (κ1) is 109. The Hall–Kier alpha value is -13.5. The fourth-order valence-corrected chi connectivity index (χ4v) is 25.4. The van der Waals surface area contributed by atoms with Gasteiger partial charge < -0.3 is 36.1 Å². The van der Waals surface area contributed by atoms with Crippen molar-refractivity contribution in [2.45, 2.75) is 147 Å². The topological polar surface area (TPSA) is 378 Å². The number of allylic oxidation sites excluding steroid dienone is 4. The molecular weight excluding hydrogens is 2000 g/mol. The lowest BCUT2D eigenvalue weighted by molar-refractivity contribution is 0.329. The highest BCUT2D eigenvalue weighted by Gasteiger charge is 2.42. The van der Waals surface area contributed by atoms with Gasteiger partial charge in [0.2, 0.25) is 50.1 Å². The van der Waals surface area contributed by atoms with E-state index in [1.165, 1.54) is 48.4 Å². The minimum atomic E-state index is -3.16. The molecule has 10 heterocycles. The lowest BCUT2D eigenvalue weighted by Gasteiger charge is -2.32. The summed E-state index contributed by atoms with van der Waals surface area (Å²) < 4.78 is 166. The minimum Gasteiger partial charge on any atom is -0.497 e. The van der Waals surface area contributed by atoms with Crippen LogP contribution in [0.5, 0.6) is 11.5 Å². The number of aryl methyl sites for hydroxylation is 1. The van der Waals surface area contributed by atoms with Crippen LogP contribution in [0.1, 0.15) is 115 Å². The lowest BCUT2D eigenvalue weighted by Crippen LogP contribution is -2.43. The summed E-state index contributed by atoms with van der Waals surface area (Å²) in [5, 5.41) is 47.0. The summed E-state index contributed by atoms with van der Waals surface area (Å²) in [6.45, 7) is 12.8. The number of nitrogens with one attached hydrogen (secondary N) is 5. The van der Waals surface area contributed by atoms with Gasteiger partial charge in [0.05, 0.1) is 67.3 Å². The van der Waals surface area contributed by atoms with E-state index >= 15 is 0 Å². The van der Waals surface area contributed by atoms with Crippen LogP contribution in [0.15, 0.2) is 261 Å². The molecule has 6 aliphatic rings. The van der Waals surface area contributed by atoms with E-state index in [0.29, 0.717) is 76.6 Å². The maximum atomic E-state index is 14.3. The smallest absolute Gasteiger partial charge is 0.216 e. The molecule has 0 bridgehead atoms. The molecule has 150 heavy (non-hydrogen) atoms. The first-order valence-electron chi connectivity index (χ1n) is 50.5. The third-order valence-electron chi connectivity index (χ3n) is 28.6. The number of anilines is 5. The monoisotopic (exact) mass is 2120 g/mol. The van der Waals surface area contributed by atoms with Gasteiger partial charge in [-0.15, -0.1) is 0 Å². The number of ether oxygens (including phenoxy) is 2. The van der Waals surface area contributed by atoms with E-state index in [2.05, 4.69) is 124 Å². The molecule has 1 saturated carbocycles. The van der Waals surface area contributed by atoms with Crippen molar-refractivity contribution in [3.05, 3.63) is 290 Å². The number of halogens is 2. The first-order chi connectivity index (χ1) is 72.0. The maximum absolute atomic E-state index is 14.3. The third kappa shape index (κ3) is 27.6. The highest BCUT2D eigenvalue weighted by atomic mass is 32.2. The van der Waals surface area contributed by atoms with Gasteiger partial charge in [-0.2, -0.15) is 10.5 Å². The lowest BCUT2D eigenvalue weighted by atomic mass is 9.97. The molecule has 5 aliphatic heterocycles. The van der Waals surface area contributed by atoms with Gasteiger partial charge in [-0.1, -0.05) is 60.7 Å². The molecule has 14 aromatic rings. The molecule has 6 fully saturated rings. The molecule has 0 amide bonds. The number of piperidine rings is 5. The summed E-state index contributed by atoms with van der Waals surface area (Å²) in [6, 6.07) is 61.7. The van der Waals surface area contributed by atoms with Crippen LogP contribution in [0, 0.1) is 41.2 Å². The third-order valence-corrected chi connectivity index (χ3v) is 36.8. The molecule has 36 heteroatoms. The van der Waals surface area contributed by atoms with E-state index in [0.717, 1.165) is 233 Å². The number of rotatable bonds is 26. The maximum Gasteiger partial charge on any atom is 0.216 e. The standard InChI is InChI=1S/C23H26FN3O3S.C23H24FN3O2S.C23H24N4O2S.C23H28N4O2S.C22H25N3O3S/c1-3-31(28,29)27-10-7-19(8-11-27)26-22-14-18(12-17-6-9-25-15-20(17)22)16-4-5-23(30-2)21(24)13-16;24-19-3-1-16(2-4-19)18-13-17-7-10-25-15-22(17)23(14-18)26-20-8-11-27(12-9-20)30(28,29)21-5-6-21;1-16-3-4-17(11-20(16)14-24)19-12-18-5-8-25-15-22(18)23(13-19)26-21-6-9-27(10-7-21)30(2,28)29;1-4-19(15-24)17(2)5-6-18-13-20-7-10-25-16-22(20)23(14-18)26-21-8-11-27(12-9-21)30(3,28)29;1-28-20-5-3-4-16(13-20)18-12-17-6-9-23-15-21(17)22(14-18)24-19-7-10-25(11-8-19)29(2,26)27/h4-6,9,12-15,19,26H,3,7-8,10-11H2,1-2H3;1-4,7,10,13-15,20-21,26H,5-6,8-9,11-12H2;3-5,8,11-13,15,21,26H,6-7,9-10H2,1-2H3;4-5,7,10,13-14,16,21,26H,6,8-9,11-12H2,1-3H3;3-6,9,12-15,19,24H,7-8,10-11H2,1-2H3/b;;;17-5-,19-4-;. The number of hydrogen-bond donors (Lipinski definition) is 5. The Morgan fingerprint density at radius 1 is 0.407 bits per heavy atom. The molecule has 5 saturated heterocycles. The normalized spacial score (nSPS) is 16.7. The van der Waals surface area contributed by atoms with E-state index in [1.807, 2.05) is 143 Å². The predicted molar refractivity (Wildman–Crippen MR) is 597 cm³/mol. The van der Waals surface area contributed by atoms with E-state index in [1.54, 1.807) is 80.4 Å². The molecule has 29 nitrogen and oxygen atoms in total. The second kappa shape index (κ2) is 48.6. The summed E-state index contributed by atoms with van der Waals surface area (Å²) in [5.74, 6) is 0.492. The Balaban J connectivity index is 0.000000133. The number of nitrogens with zero attached hydrogens (tertiary/aromatic N) is 12. The molecule has 5 aromatic heterocycles. The van der Waals surface area contributed by atoms with Crippen LogP contribution in [0.4, 0.5) is 37.2 Å². The number of nitriles is 2. The number of pyridine rings is 5. The van der Waals surface area contributed by atoms with Crippen LogP contribution in [-0.2, 0) is 56.5 Å². The van der Waals surface area contributed by atoms with Gasteiger partial charge >= 0.3 is 0 Å². The van der Waals surface area contributed by atoms with E-state index in [9.17, 15) is 61.4 Å². The van der Waals surface area contributed by atoms with Crippen LogP contribution >= 0.6 is 0 Å². The molecule has 0 atom stereocenters. The second-order valence-corrected chi connectivity index (χ2v) is 49.3. The molecule has 1 aliphatic carbocycles. The van der Waals surface area contributed by atoms with Crippen molar-refractivity contribution in [1.29, 1.82) is 10.5 Å². The van der Waals surface area contributed by atoms with Crippen molar-refractivity contribution in [3.63, 3.8) is 0 Å². The molecular formula is C114H127F2N17O12S5. The number of benzene rings is 9. The molecule has 0 unspecified atom stereocenters. The summed E-state index contributed by atoms with van der Waals surface area (Å²) in [6.07, 6.45) is 35.7. The number of fused-ring (bicyclic) bond motifs is 5. The molecule has 0 spiro atoms. The largest absolute Gasteiger partial charge is 0.497 e. The number of sulfonamides is 5. The van der Waals surface area contributed by atoms with Crippen molar-refractivity contribution in [1.82, 2.24) is 46.4 Å². The highest BCUT2D eigenvalue weighted by Crippen LogP contribution is 2.42. The SMILES string of the molecule is C/C=C(C#N)\C(C)=C/Cc1cc(NC2CCN(S(C)(=O)=O)CC2)c2cnccc2c1.CCS(=O)(=O)N1CCC(Nc2cc(-c3ccc(OC)c(F)c3)cc3ccncc23)CC1.COc1cccc(-c2cc(NC3CCN(S(C)(=O)=O)CC3)c3cnccc3c2)c1.Cc1ccc(-c2cc(NC3CCN(S(C)(=O)=O)CC3)c3cnccc3c2)cc1C#N.O=S(=O)(C1CC1)N1CCC(Nc2cc(-c3ccc(F)cc3)cc3ccncc23)CC1. The predicted octanol–water partition coefficient (Wildman–Crippen LogP) is 20.4. The molecule has 5 N–H and O–H groups in total. The van der Waals surface area contributed by atoms with Gasteiger partial charge in [0.15, 0.2) is 11.6 Å². The van der Waals surface area contributed by atoms with Crippen molar-refractivity contribution in [3.8, 4) is 68.1 Å². The van der Waals surface area contributed by atoms with Gasteiger partial charge in [-0.3, -0.25) is 24.9 Å². The van der Waals surface area contributed by atoms with Crippen LogP contribution in [-0.4, -0.2) is 228 Å². The molecule has 784 valence electrons. The van der Waals surface area contributed by atoms with E-state index in [4.69, 9.17) is 9.47 Å². The summed E-state index contributed by atoms with van der Waals surface area (Å²) >= 11 is 0. The number of aromatic nitrogens is 5. The zero-order valence-electron chi connectivity index (χ0n) is 85.7. The van der Waals surface area contributed by atoms with Crippen LogP contribution < -0.4 is 36.1 Å². The Kier molecular flexibility index (Phi) is 35.4. The summed E-state index contributed by atoms with van der Waals surface area (Å²) in [7, 11) is -12.5. The van der Waals surface area contributed by atoms with Gasteiger partial charge in [-0.05, 0) is 327 Å². The summed E-state index contributed by atoms with van der Waals surface area (Å²) in [5.41, 5.74) is 17.1. The van der Waals surface area contributed by atoms with Gasteiger partial charge in [-0.25, -0.2) is 72.4 Å². The zero-order chi connectivity index (χ0) is 106. The number of methoxy groups -OCH3 is 2. The minimum absolute atomic E-state index is 0.127. The van der Waals surface area contributed by atoms with Crippen molar-refractivity contribution in [2.24, 2.45) is 0 Å². The van der Waals surface area contributed by atoms with Gasteiger partial charge in [0.25, 0.3) is 0 Å². The van der Waals surface area contributed by atoms with E-state index < -0.39 is 55.9 Å². The van der Waals surface area contributed by atoms with Gasteiger partial charge in [0, 0.05) is 213 Å². The van der Waals surface area contributed by atoms with E-state index in [-0.39, 0.29) is 52.8 Å². The second-order valence-electron chi connectivity index (χ2n) is 38.9. The average molecular weight is 2130 g/mol. The Morgan fingerprint density at radius 2 is 0.760 bits per heavy atom. The van der Waals surface area contributed by atoms with Crippen molar-refractivity contribution >= 4 is 132 Å². The van der Waals surface area contributed by atoms with Crippen LogP contribution in [0.25, 0.3) is 98.4 Å². The van der Waals surface area contributed by atoms with Crippen molar-refractivity contribution < 1.29 is 60.3 Å². The van der Waals surface area contributed by atoms with Gasteiger partial charge in [0.1, 0.15) is 11.6 Å². The number of hydrogen-bond acceptors (Lipinski definition) is 24. The average Bonchev–Trinajstić information content (AvgIpc) is 1.76. The fourth-order valence-electron chi connectivity index (χ4n) is 19.8. The first-order valence-corrected chi connectivity index (χ1v) is 59.2. The fraction of sp³-hybridized carbons (Fsp3) is 0.342. The van der Waals surface area contributed by atoms with Crippen LogP contribution in [0.2, 0.25) is 0 Å². The Morgan fingerprint density at radius 3 is 1.11 bits per heavy atom. The Labute approximate surface area is 878 Å². The van der Waals surface area contributed by atoms with Crippen LogP contribution in [0.3, 0.4) is 0 Å². The quantitative estimate of drug-likeness (QED) is 0.0248. The Bertz CT molecular complexity index is 8020.